The first-order valence-corrected chi connectivity index (χ1v) is 9.50. The second kappa shape index (κ2) is 10.1. The first kappa shape index (κ1) is 20.9. The first-order valence-electron chi connectivity index (χ1n) is 9.50. The van der Waals surface area contributed by atoms with Gasteiger partial charge in [-0.25, -0.2) is 4.79 Å². The van der Waals surface area contributed by atoms with E-state index in [2.05, 4.69) is 5.32 Å². The monoisotopic (exact) mass is 405 g/mol. The minimum absolute atomic E-state index is 0.304. The topological polar surface area (TPSA) is 73.9 Å². The summed E-state index contributed by atoms with van der Waals surface area (Å²) in [5.41, 5.74) is 1.21. The summed E-state index contributed by atoms with van der Waals surface area (Å²) in [4.78, 5) is 24.7. The quantitative estimate of drug-likeness (QED) is 0.564. The van der Waals surface area contributed by atoms with Crippen molar-refractivity contribution in [2.24, 2.45) is 0 Å². The molecular weight excluding hydrogens is 382 g/mol. The molecule has 0 aromatic heterocycles. The van der Waals surface area contributed by atoms with Crippen LogP contribution in [0.4, 0.5) is 0 Å². The summed E-state index contributed by atoms with van der Waals surface area (Å²) in [5.74, 6) is 0.934. The van der Waals surface area contributed by atoms with Gasteiger partial charge in [-0.2, -0.15) is 0 Å². The summed E-state index contributed by atoms with van der Waals surface area (Å²) < 4.78 is 16.1. The summed E-state index contributed by atoms with van der Waals surface area (Å²) in [5, 5.41) is 2.76. The van der Waals surface area contributed by atoms with Crippen LogP contribution in [0.5, 0.6) is 17.2 Å². The number of hydrogen-bond donors (Lipinski definition) is 1. The van der Waals surface area contributed by atoms with Crippen LogP contribution in [-0.2, 0) is 16.1 Å². The average molecular weight is 405 g/mol. The predicted octanol–water partition coefficient (Wildman–Crippen LogP) is 4.35. The Hall–Kier alpha value is -3.80. The van der Waals surface area contributed by atoms with E-state index in [1.54, 1.807) is 31.4 Å². The van der Waals surface area contributed by atoms with Crippen LogP contribution in [0.3, 0.4) is 0 Å². The number of rotatable bonds is 8. The van der Waals surface area contributed by atoms with Crippen LogP contribution in [0.15, 0.2) is 78.9 Å². The van der Waals surface area contributed by atoms with Gasteiger partial charge in [-0.15, -0.1) is 0 Å². The Morgan fingerprint density at radius 1 is 0.867 bits per heavy atom. The Morgan fingerprint density at radius 3 is 2.27 bits per heavy atom. The normalized spacial score (nSPS) is 11.3. The minimum Gasteiger partial charge on any atom is -0.497 e. The SMILES string of the molecule is COc1ccc(CNC(=O)[C@@H](C)OC(=O)c2cccc(Oc3ccccc3)c2)cc1. The number of benzene rings is 3. The molecule has 0 spiro atoms. The van der Waals surface area contributed by atoms with Crippen LogP contribution < -0.4 is 14.8 Å². The Balaban J connectivity index is 1.54. The molecule has 30 heavy (non-hydrogen) atoms. The van der Waals surface area contributed by atoms with Crippen molar-refractivity contribution in [3.8, 4) is 17.2 Å². The smallest absolute Gasteiger partial charge is 0.339 e. The van der Waals surface area contributed by atoms with E-state index in [-0.39, 0.29) is 5.91 Å². The molecule has 6 nitrogen and oxygen atoms in total. The van der Waals surface area contributed by atoms with Crippen molar-refractivity contribution in [2.75, 3.05) is 7.11 Å². The number of hydrogen-bond acceptors (Lipinski definition) is 5. The van der Waals surface area contributed by atoms with E-state index < -0.39 is 12.1 Å². The molecule has 0 heterocycles. The lowest BCUT2D eigenvalue weighted by Crippen LogP contribution is -2.35. The second-order valence-corrected chi connectivity index (χ2v) is 6.56. The Morgan fingerprint density at radius 2 is 1.57 bits per heavy atom. The van der Waals surface area contributed by atoms with Crippen LogP contribution in [0, 0.1) is 0 Å². The zero-order valence-corrected chi connectivity index (χ0v) is 16.8. The molecule has 3 aromatic rings. The van der Waals surface area contributed by atoms with Crippen LogP contribution in [0.1, 0.15) is 22.8 Å². The largest absolute Gasteiger partial charge is 0.497 e. The van der Waals surface area contributed by atoms with Crippen molar-refractivity contribution < 1.29 is 23.8 Å². The highest BCUT2D eigenvalue weighted by molar-refractivity contribution is 5.92. The maximum atomic E-state index is 12.4. The number of amides is 1. The molecule has 0 radical (unpaired) electrons. The van der Waals surface area contributed by atoms with Crippen molar-refractivity contribution in [2.45, 2.75) is 19.6 Å². The van der Waals surface area contributed by atoms with Gasteiger partial charge in [0.05, 0.1) is 12.7 Å². The van der Waals surface area contributed by atoms with E-state index in [0.717, 1.165) is 11.3 Å². The molecule has 0 saturated carbocycles. The number of carbonyl (C=O) groups excluding carboxylic acids is 2. The molecule has 0 fully saturated rings. The maximum absolute atomic E-state index is 12.4. The highest BCUT2D eigenvalue weighted by Crippen LogP contribution is 2.22. The van der Waals surface area contributed by atoms with Gasteiger partial charge in [0.15, 0.2) is 6.10 Å². The van der Waals surface area contributed by atoms with E-state index in [1.165, 1.54) is 6.92 Å². The van der Waals surface area contributed by atoms with Crippen molar-refractivity contribution in [1.29, 1.82) is 0 Å². The maximum Gasteiger partial charge on any atom is 0.339 e. The summed E-state index contributed by atoms with van der Waals surface area (Å²) in [7, 11) is 1.59. The molecule has 0 saturated heterocycles. The van der Waals surface area contributed by atoms with E-state index in [1.807, 2.05) is 54.6 Å². The predicted molar refractivity (Wildman–Crippen MR) is 113 cm³/mol. The molecule has 0 aliphatic heterocycles. The van der Waals surface area contributed by atoms with E-state index in [4.69, 9.17) is 14.2 Å². The van der Waals surface area contributed by atoms with Gasteiger partial charge in [0.25, 0.3) is 5.91 Å². The van der Waals surface area contributed by atoms with Crippen LogP contribution in [0.2, 0.25) is 0 Å². The average Bonchev–Trinajstić information content (AvgIpc) is 2.78. The standard InChI is InChI=1S/C24H23NO5/c1-17(23(26)25-16-18-11-13-20(28-2)14-12-18)29-24(27)19-7-6-10-22(15-19)30-21-8-4-3-5-9-21/h3-15,17H,16H2,1-2H3,(H,25,26)/t17-/m1/s1. The van der Waals surface area contributed by atoms with Gasteiger partial charge in [0.2, 0.25) is 0 Å². The fraction of sp³-hybridized carbons (Fsp3) is 0.167. The number of para-hydroxylation sites is 1. The molecule has 154 valence electrons. The molecule has 0 bridgehead atoms. The lowest BCUT2D eigenvalue weighted by molar-refractivity contribution is -0.129. The Kier molecular flexibility index (Phi) is 7.05. The van der Waals surface area contributed by atoms with Crippen LogP contribution in [0.25, 0.3) is 0 Å². The number of methoxy groups -OCH3 is 1. The molecule has 3 rings (SSSR count). The van der Waals surface area contributed by atoms with E-state index in [0.29, 0.717) is 23.6 Å². The van der Waals surface area contributed by atoms with Gasteiger partial charge in [-0.1, -0.05) is 36.4 Å². The van der Waals surface area contributed by atoms with Crippen molar-refractivity contribution in [1.82, 2.24) is 5.32 Å². The molecule has 1 N–H and O–H groups in total. The lowest BCUT2D eigenvalue weighted by Gasteiger charge is -2.14. The van der Waals surface area contributed by atoms with Gasteiger partial charge in [0.1, 0.15) is 17.2 Å². The molecular formula is C24H23NO5. The van der Waals surface area contributed by atoms with Crippen LogP contribution in [-0.4, -0.2) is 25.1 Å². The zero-order chi connectivity index (χ0) is 21.3. The summed E-state index contributed by atoms with van der Waals surface area (Å²) in [6, 6.07) is 23.2. The van der Waals surface area contributed by atoms with Crippen LogP contribution >= 0.6 is 0 Å². The molecule has 0 aliphatic carbocycles. The minimum atomic E-state index is -0.936. The van der Waals surface area contributed by atoms with Crippen molar-refractivity contribution in [3.05, 3.63) is 90.0 Å². The fourth-order valence-corrected chi connectivity index (χ4v) is 2.67. The molecule has 0 unspecified atom stereocenters. The molecule has 1 atom stereocenters. The van der Waals surface area contributed by atoms with Gasteiger partial charge >= 0.3 is 5.97 Å². The number of carbonyl (C=O) groups is 2. The number of nitrogens with one attached hydrogen (secondary N) is 1. The highest BCUT2D eigenvalue weighted by Gasteiger charge is 2.19. The summed E-state index contributed by atoms with van der Waals surface area (Å²) in [6.45, 7) is 1.86. The fourth-order valence-electron chi connectivity index (χ4n) is 2.67. The number of esters is 1. The third kappa shape index (κ3) is 5.85. The summed E-state index contributed by atoms with van der Waals surface area (Å²) in [6.07, 6.45) is -0.936. The van der Waals surface area contributed by atoms with Crippen molar-refractivity contribution in [3.63, 3.8) is 0 Å². The second-order valence-electron chi connectivity index (χ2n) is 6.56. The molecule has 3 aromatic carbocycles. The highest BCUT2D eigenvalue weighted by atomic mass is 16.5. The third-order valence-electron chi connectivity index (χ3n) is 4.33. The Labute approximate surface area is 175 Å². The third-order valence-corrected chi connectivity index (χ3v) is 4.33. The van der Waals surface area contributed by atoms with E-state index in [9.17, 15) is 9.59 Å². The molecule has 6 heteroatoms. The Bertz CT molecular complexity index is 986. The molecule has 0 aliphatic rings. The van der Waals surface area contributed by atoms with Gasteiger partial charge in [-0.05, 0) is 55.0 Å². The van der Waals surface area contributed by atoms with Crippen molar-refractivity contribution >= 4 is 11.9 Å². The lowest BCUT2D eigenvalue weighted by atomic mass is 10.2. The summed E-state index contributed by atoms with van der Waals surface area (Å²) >= 11 is 0. The van der Waals surface area contributed by atoms with E-state index >= 15 is 0 Å². The van der Waals surface area contributed by atoms with Gasteiger partial charge < -0.3 is 19.5 Å². The van der Waals surface area contributed by atoms with Gasteiger partial charge in [-0.3, -0.25) is 4.79 Å². The first-order chi connectivity index (χ1) is 14.5. The number of ether oxygens (including phenoxy) is 3. The molecule has 1 amide bonds. The zero-order valence-electron chi connectivity index (χ0n) is 16.8. The van der Waals surface area contributed by atoms with Gasteiger partial charge in [0, 0.05) is 6.54 Å².